The SMILES string of the molecule is CN=C(NCCCOCC(F)(F)F)NCCCC1CCCC1. The third-order valence-electron chi connectivity index (χ3n) is 3.80. The highest BCUT2D eigenvalue weighted by molar-refractivity contribution is 5.79. The highest BCUT2D eigenvalue weighted by atomic mass is 19.4. The molecule has 0 atom stereocenters. The molecule has 0 aromatic rings. The molecule has 2 N–H and O–H groups in total. The smallest absolute Gasteiger partial charge is 0.372 e. The van der Waals surface area contributed by atoms with Crippen molar-refractivity contribution in [1.82, 2.24) is 10.6 Å². The fraction of sp³-hybridized carbons (Fsp3) is 0.933. The number of halogens is 3. The number of hydrogen-bond donors (Lipinski definition) is 2. The van der Waals surface area contributed by atoms with Gasteiger partial charge < -0.3 is 15.4 Å². The van der Waals surface area contributed by atoms with Gasteiger partial charge in [-0.2, -0.15) is 13.2 Å². The molecule has 1 saturated carbocycles. The second kappa shape index (κ2) is 10.7. The van der Waals surface area contributed by atoms with Gasteiger partial charge >= 0.3 is 6.18 Å². The van der Waals surface area contributed by atoms with Crippen LogP contribution in [0.2, 0.25) is 0 Å². The largest absolute Gasteiger partial charge is 0.411 e. The highest BCUT2D eigenvalue weighted by Crippen LogP contribution is 2.28. The third-order valence-corrected chi connectivity index (χ3v) is 3.80. The summed E-state index contributed by atoms with van der Waals surface area (Å²) < 4.78 is 40.1. The third kappa shape index (κ3) is 9.87. The summed E-state index contributed by atoms with van der Waals surface area (Å²) >= 11 is 0. The zero-order chi connectivity index (χ0) is 16.3. The summed E-state index contributed by atoms with van der Waals surface area (Å²) in [5, 5.41) is 6.30. The molecule has 130 valence electrons. The van der Waals surface area contributed by atoms with Crippen LogP contribution in [0.25, 0.3) is 0 Å². The molecule has 0 amide bonds. The molecule has 4 nitrogen and oxygen atoms in total. The van der Waals surface area contributed by atoms with Crippen LogP contribution >= 0.6 is 0 Å². The molecule has 0 aromatic carbocycles. The van der Waals surface area contributed by atoms with Gasteiger partial charge in [-0.1, -0.05) is 25.7 Å². The van der Waals surface area contributed by atoms with E-state index in [1.165, 1.54) is 32.1 Å². The average molecular weight is 323 g/mol. The summed E-state index contributed by atoms with van der Waals surface area (Å²) in [6.07, 6.45) is 4.13. The maximum absolute atomic E-state index is 11.9. The monoisotopic (exact) mass is 323 g/mol. The van der Waals surface area contributed by atoms with Crippen molar-refractivity contribution in [2.24, 2.45) is 10.9 Å². The molecule has 0 aromatic heterocycles. The van der Waals surface area contributed by atoms with Gasteiger partial charge in [0.25, 0.3) is 0 Å². The number of nitrogens with one attached hydrogen (secondary N) is 2. The van der Waals surface area contributed by atoms with Crippen LogP contribution < -0.4 is 10.6 Å². The van der Waals surface area contributed by atoms with E-state index in [1.807, 2.05) is 0 Å². The fourth-order valence-electron chi connectivity index (χ4n) is 2.69. The van der Waals surface area contributed by atoms with E-state index in [0.717, 1.165) is 18.9 Å². The van der Waals surface area contributed by atoms with Crippen LogP contribution in [0.15, 0.2) is 4.99 Å². The Morgan fingerprint density at radius 1 is 1.14 bits per heavy atom. The second-order valence-electron chi connectivity index (χ2n) is 5.74. The van der Waals surface area contributed by atoms with Gasteiger partial charge in [0.1, 0.15) is 6.61 Å². The van der Waals surface area contributed by atoms with Crippen LogP contribution in [0.1, 0.15) is 44.9 Å². The first kappa shape index (κ1) is 19.1. The molecule has 0 radical (unpaired) electrons. The number of ether oxygens (including phenoxy) is 1. The first-order valence-corrected chi connectivity index (χ1v) is 8.10. The summed E-state index contributed by atoms with van der Waals surface area (Å²) in [7, 11) is 1.69. The van der Waals surface area contributed by atoms with E-state index in [9.17, 15) is 13.2 Å². The van der Waals surface area contributed by atoms with Crippen molar-refractivity contribution < 1.29 is 17.9 Å². The van der Waals surface area contributed by atoms with Gasteiger partial charge in [-0.25, -0.2) is 0 Å². The van der Waals surface area contributed by atoms with E-state index >= 15 is 0 Å². The van der Waals surface area contributed by atoms with E-state index in [0.29, 0.717) is 18.9 Å². The first-order chi connectivity index (χ1) is 10.5. The van der Waals surface area contributed by atoms with Gasteiger partial charge in [0, 0.05) is 26.7 Å². The number of nitrogens with zero attached hydrogens (tertiary/aromatic N) is 1. The summed E-state index contributed by atoms with van der Waals surface area (Å²) in [5.41, 5.74) is 0. The van der Waals surface area contributed by atoms with Crippen molar-refractivity contribution in [3.05, 3.63) is 0 Å². The predicted octanol–water partition coefficient (Wildman–Crippen LogP) is 3.09. The number of aliphatic imine (C=N–C) groups is 1. The summed E-state index contributed by atoms with van der Waals surface area (Å²) in [5.74, 6) is 1.59. The first-order valence-electron chi connectivity index (χ1n) is 8.10. The lowest BCUT2D eigenvalue weighted by Crippen LogP contribution is -2.38. The topological polar surface area (TPSA) is 45.7 Å². The number of alkyl halides is 3. The molecule has 0 aliphatic heterocycles. The Balaban J connectivity index is 1.95. The van der Waals surface area contributed by atoms with Crippen LogP contribution in [0.3, 0.4) is 0 Å². The Labute approximate surface area is 130 Å². The zero-order valence-corrected chi connectivity index (χ0v) is 13.3. The second-order valence-corrected chi connectivity index (χ2v) is 5.74. The van der Waals surface area contributed by atoms with Crippen LogP contribution in [0.5, 0.6) is 0 Å². The zero-order valence-electron chi connectivity index (χ0n) is 13.3. The number of guanidine groups is 1. The Morgan fingerprint density at radius 3 is 2.36 bits per heavy atom. The van der Waals surface area contributed by atoms with Gasteiger partial charge in [-0.15, -0.1) is 0 Å². The molecular formula is C15H28F3N3O. The standard InChI is InChI=1S/C15H28F3N3O/c1-19-14(20-9-4-8-13-6-2-3-7-13)21-10-5-11-22-12-15(16,17)18/h13H,2-12H2,1H3,(H2,19,20,21). The minimum absolute atomic E-state index is 0.0885. The van der Waals surface area contributed by atoms with Crippen LogP contribution in [-0.4, -0.2) is 45.5 Å². The molecule has 0 saturated heterocycles. The fourth-order valence-corrected chi connectivity index (χ4v) is 2.69. The molecule has 0 spiro atoms. The van der Waals surface area contributed by atoms with E-state index < -0.39 is 12.8 Å². The molecule has 1 rings (SSSR count). The van der Waals surface area contributed by atoms with Crippen LogP contribution in [0.4, 0.5) is 13.2 Å². The molecule has 1 aliphatic rings. The van der Waals surface area contributed by atoms with Crippen molar-refractivity contribution in [2.75, 3.05) is 33.4 Å². The van der Waals surface area contributed by atoms with Gasteiger partial charge in [-0.05, 0) is 25.2 Å². The Bertz CT molecular complexity index is 316. The Kier molecular flexibility index (Phi) is 9.27. The van der Waals surface area contributed by atoms with Crippen molar-refractivity contribution >= 4 is 5.96 Å². The van der Waals surface area contributed by atoms with Crippen LogP contribution in [0, 0.1) is 5.92 Å². The minimum Gasteiger partial charge on any atom is -0.372 e. The Morgan fingerprint density at radius 2 is 1.77 bits per heavy atom. The van der Waals surface area contributed by atoms with Gasteiger partial charge in [0.15, 0.2) is 5.96 Å². The molecule has 1 fully saturated rings. The molecular weight excluding hydrogens is 295 g/mol. The molecule has 7 heteroatoms. The molecule has 0 unspecified atom stereocenters. The van der Waals surface area contributed by atoms with E-state index in [1.54, 1.807) is 7.05 Å². The Hall–Kier alpha value is -0.980. The van der Waals surface area contributed by atoms with Crippen molar-refractivity contribution in [2.45, 2.75) is 51.1 Å². The van der Waals surface area contributed by atoms with Gasteiger partial charge in [-0.3, -0.25) is 4.99 Å². The van der Waals surface area contributed by atoms with Crippen molar-refractivity contribution in [3.8, 4) is 0 Å². The predicted molar refractivity (Wildman–Crippen MR) is 82.0 cm³/mol. The van der Waals surface area contributed by atoms with Gasteiger partial charge in [0.05, 0.1) is 0 Å². The molecule has 0 heterocycles. The normalized spacial score (nSPS) is 17.0. The van der Waals surface area contributed by atoms with Crippen molar-refractivity contribution in [1.29, 1.82) is 0 Å². The van der Waals surface area contributed by atoms with Gasteiger partial charge in [0.2, 0.25) is 0 Å². The maximum atomic E-state index is 11.9. The lowest BCUT2D eigenvalue weighted by molar-refractivity contribution is -0.173. The van der Waals surface area contributed by atoms with E-state index in [4.69, 9.17) is 0 Å². The quantitative estimate of drug-likeness (QED) is 0.389. The summed E-state index contributed by atoms with van der Waals surface area (Å²) in [6, 6.07) is 0. The lowest BCUT2D eigenvalue weighted by atomic mass is 10.0. The van der Waals surface area contributed by atoms with E-state index in [2.05, 4.69) is 20.4 Å². The number of rotatable bonds is 9. The molecule has 0 bridgehead atoms. The minimum atomic E-state index is -4.25. The maximum Gasteiger partial charge on any atom is 0.411 e. The molecule has 22 heavy (non-hydrogen) atoms. The molecule has 1 aliphatic carbocycles. The van der Waals surface area contributed by atoms with Crippen LogP contribution in [-0.2, 0) is 4.74 Å². The van der Waals surface area contributed by atoms with Crippen molar-refractivity contribution in [3.63, 3.8) is 0 Å². The summed E-state index contributed by atoms with van der Waals surface area (Å²) in [4.78, 5) is 4.09. The van der Waals surface area contributed by atoms with E-state index in [-0.39, 0.29) is 6.61 Å². The number of hydrogen-bond acceptors (Lipinski definition) is 2. The summed E-state index contributed by atoms with van der Waals surface area (Å²) in [6.45, 7) is 0.327. The lowest BCUT2D eigenvalue weighted by Gasteiger charge is -2.13. The average Bonchev–Trinajstić information content (AvgIpc) is 2.96. The highest BCUT2D eigenvalue weighted by Gasteiger charge is 2.27.